The second-order valence-electron chi connectivity index (χ2n) is 6.03. The van der Waals surface area contributed by atoms with Crippen LogP contribution in [0.2, 0.25) is 0 Å². The van der Waals surface area contributed by atoms with Gasteiger partial charge in [-0.1, -0.05) is 47.7 Å². The lowest BCUT2D eigenvalue weighted by Crippen LogP contribution is -2.14. The summed E-state index contributed by atoms with van der Waals surface area (Å²) in [4.78, 5) is 17.9. The maximum Gasteiger partial charge on any atom is 0.287 e. The van der Waals surface area contributed by atoms with Gasteiger partial charge < -0.3 is 14.0 Å². The molecule has 0 atom stereocenters. The Morgan fingerprint density at radius 2 is 1.67 bits per heavy atom. The van der Waals surface area contributed by atoms with Gasteiger partial charge in [0.05, 0.1) is 24.4 Å². The van der Waals surface area contributed by atoms with Crippen molar-refractivity contribution in [3.8, 4) is 11.5 Å². The highest BCUT2D eigenvalue weighted by atomic mass is 32.1. The van der Waals surface area contributed by atoms with Crippen LogP contribution in [0.15, 0.2) is 59.6 Å². The van der Waals surface area contributed by atoms with Crippen LogP contribution < -0.4 is 14.3 Å². The van der Waals surface area contributed by atoms with Crippen molar-refractivity contribution in [1.82, 2.24) is 4.57 Å². The van der Waals surface area contributed by atoms with Gasteiger partial charge in [0.25, 0.3) is 5.91 Å². The molecule has 3 aromatic carbocycles. The molecule has 6 heteroatoms. The van der Waals surface area contributed by atoms with Crippen LogP contribution in [0, 0.1) is 0 Å². The smallest absolute Gasteiger partial charge is 0.287 e. The summed E-state index contributed by atoms with van der Waals surface area (Å²) in [5.41, 5.74) is 1.36. The highest BCUT2D eigenvalue weighted by molar-refractivity contribution is 7.17. The minimum Gasteiger partial charge on any atom is -0.496 e. The predicted molar refractivity (Wildman–Crippen MR) is 108 cm³/mol. The number of carbonyl (C=O) groups is 1. The Bertz CT molecular complexity index is 1220. The monoisotopic (exact) mass is 378 g/mol. The van der Waals surface area contributed by atoms with Crippen molar-refractivity contribution in [3.05, 3.63) is 65.0 Å². The highest BCUT2D eigenvalue weighted by Crippen LogP contribution is 2.30. The van der Waals surface area contributed by atoms with Gasteiger partial charge in [0.1, 0.15) is 17.1 Å². The summed E-state index contributed by atoms with van der Waals surface area (Å²) in [7, 11) is 4.97. The summed E-state index contributed by atoms with van der Waals surface area (Å²) in [5, 5.41) is 2.32. The molecule has 0 aliphatic heterocycles. The molecule has 0 bridgehead atoms. The van der Waals surface area contributed by atoms with Gasteiger partial charge in [-0.15, -0.1) is 0 Å². The normalized spacial score (nSPS) is 11.9. The average Bonchev–Trinajstić information content (AvgIpc) is 3.03. The molecule has 1 aromatic heterocycles. The number of carbonyl (C=O) groups excluding carboxylic acids is 1. The molecule has 0 saturated carbocycles. The van der Waals surface area contributed by atoms with Crippen LogP contribution >= 0.6 is 11.3 Å². The second-order valence-corrected chi connectivity index (χ2v) is 7.01. The van der Waals surface area contributed by atoms with Crippen LogP contribution in [0.5, 0.6) is 11.5 Å². The Balaban J connectivity index is 1.93. The molecule has 1 heterocycles. The largest absolute Gasteiger partial charge is 0.496 e. The first kappa shape index (κ1) is 17.3. The number of fused-ring (bicyclic) bond motifs is 3. The van der Waals surface area contributed by atoms with Gasteiger partial charge in [-0.3, -0.25) is 4.79 Å². The zero-order chi connectivity index (χ0) is 19.0. The van der Waals surface area contributed by atoms with Crippen LogP contribution in [0.3, 0.4) is 0 Å². The third-order valence-electron chi connectivity index (χ3n) is 4.54. The summed E-state index contributed by atoms with van der Waals surface area (Å²) in [6.07, 6.45) is 0. The lowest BCUT2D eigenvalue weighted by atomic mass is 10.1. The molecule has 0 aliphatic rings. The summed E-state index contributed by atoms with van der Waals surface area (Å²) < 4.78 is 13.7. The van der Waals surface area contributed by atoms with E-state index in [1.165, 1.54) is 25.6 Å². The summed E-state index contributed by atoms with van der Waals surface area (Å²) in [6, 6.07) is 17.6. The molecule has 0 aliphatic carbocycles. The van der Waals surface area contributed by atoms with E-state index in [9.17, 15) is 4.79 Å². The standard InChI is InChI=1S/C21H18N2O3S/c1-23-15-12-11-13-7-4-5-8-14(13)19(15)27-21(23)22-20(24)18-16(25-2)9-6-10-17(18)26-3/h4-12H,1-3H3. The molecule has 4 rings (SSSR count). The van der Waals surface area contributed by atoms with Gasteiger partial charge in [0, 0.05) is 12.4 Å². The number of rotatable bonds is 3. The SMILES string of the molecule is COc1cccc(OC)c1C(=O)N=c1sc2c3ccccc3ccc2n1C. The molecule has 4 aromatic rings. The molecule has 1 amide bonds. The minimum atomic E-state index is -0.393. The zero-order valence-electron chi connectivity index (χ0n) is 15.2. The number of benzene rings is 3. The van der Waals surface area contributed by atoms with Crippen molar-refractivity contribution in [2.45, 2.75) is 0 Å². The fourth-order valence-electron chi connectivity index (χ4n) is 3.17. The Kier molecular flexibility index (Phi) is 4.41. The van der Waals surface area contributed by atoms with Gasteiger partial charge in [0.15, 0.2) is 4.80 Å². The first-order valence-corrected chi connectivity index (χ1v) is 9.23. The lowest BCUT2D eigenvalue weighted by Gasteiger charge is -2.09. The van der Waals surface area contributed by atoms with Crippen LogP contribution in [0.1, 0.15) is 10.4 Å². The average molecular weight is 378 g/mol. The maximum atomic E-state index is 12.9. The number of methoxy groups -OCH3 is 2. The number of thiazole rings is 1. The van der Waals surface area contributed by atoms with Crippen molar-refractivity contribution in [2.24, 2.45) is 12.0 Å². The van der Waals surface area contributed by atoms with E-state index in [-0.39, 0.29) is 0 Å². The molecular weight excluding hydrogens is 360 g/mol. The van der Waals surface area contributed by atoms with Gasteiger partial charge in [-0.05, 0) is 23.6 Å². The molecule has 0 spiro atoms. The quantitative estimate of drug-likeness (QED) is 0.538. The second kappa shape index (κ2) is 6.89. The molecule has 27 heavy (non-hydrogen) atoms. The molecule has 0 saturated heterocycles. The maximum absolute atomic E-state index is 12.9. The third-order valence-corrected chi connectivity index (χ3v) is 5.72. The van der Waals surface area contributed by atoms with Crippen molar-refractivity contribution >= 4 is 38.2 Å². The zero-order valence-corrected chi connectivity index (χ0v) is 16.0. The van der Waals surface area contributed by atoms with E-state index in [4.69, 9.17) is 9.47 Å². The molecule has 0 N–H and O–H groups in total. The fourth-order valence-corrected chi connectivity index (χ4v) is 4.32. The predicted octanol–water partition coefficient (Wildman–Crippen LogP) is 4.15. The number of hydrogen-bond donors (Lipinski definition) is 0. The molecule has 0 unspecified atom stereocenters. The number of nitrogens with zero attached hydrogens (tertiary/aromatic N) is 2. The van der Waals surface area contributed by atoms with Crippen molar-refractivity contribution in [2.75, 3.05) is 14.2 Å². The fraction of sp³-hybridized carbons (Fsp3) is 0.143. The van der Waals surface area contributed by atoms with E-state index in [1.54, 1.807) is 18.2 Å². The number of ether oxygens (including phenoxy) is 2. The van der Waals surface area contributed by atoms with Crippen LogP contribution in [-0.4, -0.2) is 24.7 Å². The van der Waals surface area contributed by atoms with E-state index in [0.717, 1.165) is 21.0 Å². The van der Waals surface area contributed by atoms with Crippen LogP contribution in [-0.2, 0) is 7.05 Å². The Morgan fingerprint density at radius 3 is 2.37 bits per heavy atom. The van der Waals surface area contributed by atoms with E-state index in [1.807, 2.05) is 23.7 Å². The van der Waals surface area contributed by atoms with E-state index >= 15 is 0 Å². The molecule has 136 valence electrons. The van der Waals surface area contributed by atoms with E-state index < -0.39 is 5.91 Å². The van der Waals surface area contributed by atoms with Gasteiger partial charge in [-0.25, -0.2) is 0 Å². The summed E-state index contributed by atoms with van der Waals surface area (Å²) in [6.45, 7) is 0. The number of amides is 1. The molecular formula is C21H18N2O3S. The molecule has 5 nitrogen and oxygen atoms in total. The number of aryl methyl sites for hydroxylation is 1. The first-order chi connectivity index (χ1) is 13.1. The van der Waals surface area contributed by atoms with Gasteiger partial charge in [-0.2, -0.15) is 4.99 Å². The van der Waals surface area contributed by atoms with Crippen LogP contribution in [0.4, 0.5) is 0 Å². The Morgan fingerprint density at radius 1 is 0.963 bits per heavy atom. The van der Waals surface area contributed by atoms with Crippen molar-refractivity contribution in [3.63, 3.8) is 0 Å². The van der Waals surface area contributed by atoms with Gasteiger partial charge in [0.2, 0.25) is 0 Å². The highest BCUT2D eigenvalue weighted by Gasteiger charge is 2.18. The van der Waals surface area contributed by atoms with Crippen molar-refractivity contribution < 1.29 is 14.3 Å². The topological polar surface area (TPSA) is 52.8 Å². The Hall–Kier alpha value is -3.12. The van der Waals surface area contributed by atoms with Gasteiger partial charge >= 0.3 is 0 Å². The van der Waals surface area contributed by atoms with Crippen LogP contribution in [0.25, 0.3) is 21.0 Å². The number of hydrogen-bond acceptors (Lipinski definition) is 4. The Labute approximate surface area is 160 Å². The first-order valence-electron chi connectivity index (χ1n) is 8.41. The van der Waals surface area contributed by atoms with E-state index in [2.05, 4.69) is 29.3 Å². The lowest BCUT2D eigenvalue weighted by molar-refractivity contribution is 0.0992. The molecule has 0 fully saturated rings. The summed E-state index contributed by atoms with van der Waals surface area (Å²) >= 11 is 1.50. The van der Waals surface area contributed by atoms with Crippen molar-refractivity contribution in [1.29, 1.82) is 0 Å². The number of aromatic nitrogens is 1. The van der Waals surface area contributed by atoms with E-state index in [0.29, 0.717) is 21.9 Å². The minimum absolute atomic E-state index is 0.324. The third kappa shape index (κ3) is 2.88. The summed E-state index contributed by atoms with van der Waals surface area (Å²) in [5.74, 6) is 0.491. The molecule has 0 radical (unpaired) electrons.